The van der Waals surface area contributed by atoms with Crippen LogP contribution >= 0.6 is 22.9 Å². The molecule has 4 heterocycles. The summed E-state index contributed by atoms with van der Waals surface area (Å²) in [5.41, 5.74) is -1.19. The number of carbonyl (C=O) groups is 1. The number of amides is 1. The number of nitrogens with one attached hydrogen (secondary N) is 1. The van der Waals surface area contributed by atoms with E-state index in [9.17, 15) is 18.0 Å². The van der Waals surface area contributed by atoms with E-state index < -0.39 is 23.3 Å². The second-order valence-electron chi connectivity index (χ2n) is 5.97. The average molecular weight is 438 g/mol. The molecule has 0 fully saturated rings. The first-order valence-electron chi connectivity index (χ1n) is 8.19. The van der Waals surface area contributed by atoms with Crippen molar-refractivity contribution < 1.29 is 18.0 Å². The summed E-state index contributed by atoms with van der Waals surface area (Å²) < 4.78 is 42.0. The lowest BCUT2D eigenvalue weighted by Gasteiger charge is -2.11. The quantitative estimate of drug-likeness (QED) is 0.512. The number of hydrogen-bond acceptors (Lipinski definition) is 5. The summed E-state index contributed by atoms with van der Waals surface area (Å²) in [6.07, 6.45) is 0.704. The van der Waals surface area contributed by atoms with Gasteiger partial charge in [-0.3, -0.25) is 9.20 Å². The van der Waals surface area contributed by atoms with Crippen molar-refractivity contribution in [1.29, 1.82) is 0 Å². The van der Waals surface area contributed by atoms with Gasteiger partial charge in [0.25, 0.3) is 5.91 Å². The summed E-state index contributed by atoms with van der Waals surface area (Å²) in [6.45, 7) is 0.222. The summed E-state index contributed by atoms with van der Waals surface area (Å²) in [6, 6.07) is 4.59. The number of rotatable bonds is 4. The van der Waals surface area contributed by atoms with E-state index in [1.54, 1.807) is 0 Å². The van der Waals surface area contributed by atoms with E-state index in [0.29, 0.717) is 5.56 Å². The molecule has 148 valence electrons. The van der Waals surface area contributed by atoms with Gasteiger partial charge in [0.1, 0.15) is 11.5 Å². The number of pyridine rings is 1. The van der Waals surface area contributed by atoms with E-state index in [2.05, 4.69) is 20.3 Å². The van der Waals surface area contributed by atoms with E-state index in [-0.39, 0.29) is 23.0 Å². The Morgan fingerprint density at radius 3 is 2.66 bits per heavy atom. The standard InChI is InChI=1S/C18H11ClF3N5OS/c19-15-14(17(28)25-7-12-2-1-3-29-12)26-16-13(18(20,21)22)4-10(8-27(15)16)11-5-23-9-24-6-11/h1-6,8-9H,7H2,(H,25,28). The van der Waals surface area contributed by atoms with Crippen LogP contribution in [-0.2, 0) is 12.7 Å². The summed E-state index contributed by atoms with van der Waals surface area (Å²) in [5, 5.41) is 4.25. The number of alkyl halides is 3. The lowest BCUT2D eigenvalue weighted by Crippen LogP contribution is -2.23. The van der Waals surface area contributed by atoms with Gasteiger partial charge in [-0.1, -0.05) is 17.7 Å². The Balaban J connectivity index is 1.80. The van der Waals surface area contributed by atoms with Gasteiger partial charge in [0.05, 0.1) is 12.1 Å². The van der Waals surface area contributed by atoms with Gasteiger partial charge in [-0.05, 0) is 17.5 Å². The Labute approximate surface area is 171 Å². The second-order valence-corrected chi connectivity index (χ2v) is 7.36. The predicted octanol–water partition coefficient (Wildman–Crippen LogP) is 4.46. The number of nitrogens with zero attached hydrogens (tertiary/aromatic N) is 4. The molecular formula is C18H11ClF3N5OS. The van der Waals surface area contributed by atoms with Crippen molar-refractivity contribution >= 4 is 34.5 Å². The largest absolute Gasteiger partial charge is 0.420 e. The van der Waals surface area contributed by atoms with E-state index in [1.807, 2.05) is 17.5 Å². The molecular weight excluding hydrogens is 427 g/mol. The summed E-state index contributed by atoms with van der Waals surface area (Å²) >= 11 is 7.68. The highest BCUT2D eigenvalue weighted by Crippen LogP contribution is 2.36. The van der Waals surface area contributed by atoms with E-state index >= 15 is 0 Å². The van der Waals surface area contributed by atoms with Crippen molar-refractivity contribution in [3.8, 4) is 11.1 Å². The number of halogens is 4. The highest BCUT2D eigenvalue weighted by molar-refractivity contribution is 7.09. The number of fused-ring (bicyclic) bond motifs is 1. The molecule has 4 rings (SSSR count). The van der Waals surface area contributed by atoms with E-state index in [0.717, 1.165) is 15.3 Å². The van der Waals surface area contributed by atoms with Crippen molar-refractivity contribution in [3.63, 3.8) is 0 Å². The first-order chi connectivity index (χ1) is 13.8. The van der Waals surface area contributed by atoms with Crippen LogP contribution in [0.4, 0.5) is 13.2 Å². The zero-order chi connectivity index (χ0) is 20.6. The summed E-state index contributed by atoms with van der Waals surface area (Å²) in [5.74, 6) is -0.662. The van der Waals surface area contributed by atoms with Crippen molar-refractivity contribution in [2.45, 2.75) is 12.7 Å². The number of aromatic nitrogens is 4. The molecule has 4 aromatic heterocycles. The van der Waals surface area contributed by atoms with Crippen LogP contribution in [-0.4, -0.2) is 25.3 Å². The van der Waals surface area contributed by atoms with Crippen molar-refractivity contribution in [2.24, 2.45) is 0 Å². The lowest BCUT2D eigenvalue weighted by atomic mass is 10.1. The minimum absolute atomic E-state index is 0.190. The van der Waals surface area contributed by atoms with Crippen LogP contribution in [0.2, 0.25) is 5.15 Å². The van der Waals surface area contributed by atoms with Crippen LogP contribution in [0, 0.1) is 0 Å². The van der Waals surface area contributed by atoms with Crippen molar-refractivity contribution in [2.75, 3.05) is 0 Å². The summed E-state index contributed by atoms with van der Waals surface area (Å²) in [4.78, 5) is 24.9. The zero-order valence-electron chi connectivity index (χ0n) is 14.4. The van der Waals surface area contributed by atoms with Gasteiger partial charge >= 0.3 is 6.18 Å². The number of thiophene rings is 1. The third-order valence-corrected chi connectivity index (χ3v) is 5.32. The van der Waals surface area contributed by atoms with Crippen LogP contribution in [0.25, 0.3) is 16.8 Å². The van der Waals surface area contributed by atoms with Gasteiger partial charge in [-0.2, -0.15) is 13.2 Å². The van der Waals surface area contributed by atoms with Crippen LogP contribution < -0.4 is 5.32 Å². The molecule has 0 aliphatic rings. The molecule has 29 heavy (non-hydrogen) atoms. The first kappa shape index (κ1) is 19.3. The van der Waals surface area contributed by atoms with Crippen LogP contribution in [0.5, 0.6) is 0 Å². The molecule has 4 aromatic rings. The Morgan fingerprint density at radius 1 is 1.24 bits per heavy atom. The second kappa shape index (κ2) is 7.45. The highest BCUT2D eigenvalue weighted by atomic mass is 35.5. The topological polar surface area (TPSA) is 72.2 Å². The Morgan fingerprint density at radius 2 is 2.00 bits per heavy atom. The molecule has 0 spiro atoms. The molecule has 1 amide bonds. The summed E-state index contributed by atoms with van der Waals surface area (Å²) in [7, 11) is 0. The monoisotopic (exact) mass is 437 g/mol. The molecule has 0 saturated carbocycles. The van der Waals surface area contributed by atoms with Gasteiger partial charge in [-0.15, -0.1) is 11.3 Å². The number of imidazole rings is 1. The lowest BCUT2D eigenvalue weighted by molar-refractivity contribution is -0.136. The maximum absolute atomic E-state index is 13.7. The third kappa shape index (κ3) is 3.81. The zero-order valence-corrected chi connectivity index (χ0v) is 16.0. The van der Waals surface area contributed by atoms with E-state index in [4.69, 9.17) is 11.6 Å². The van der Waals surface area contributed by atoms with Crippen molar-refractivity contribution in [1.82, 2.24) is 24.7 Å². The molecule has 0 aliphatic carbocycles. The van der Waals surface area contributed by atoms with E-state index in [1.165, 1.54) is 36.3 Å². The Hall–Kier alpha value is -2.98. The maximum atomic E-state index is 13.7. The molecule has 6 nitrogen and oxygen atoms in total. The fourth-order valence-corrected chi connectivity index (χ4v) is 3.64. The molecule has 11 heteroatoms. The normalized spacial score (nSPS) is 11.7. The molecule has 0 aromatic carbocycles. The molecule has 0 aliphatic heterocycles. The molecule has 0 radical (unpaired) electrons. The van der Waals surface area contributed by atoms with Crippen LogP contribution in [0.15, 0.2) is 48.5 Å². The predicted molar refractivity (Wildman–Crippen MR) is 102 cm³/mol. The molecule has 0 unspecified atom stereocenters. The molecule has 0 saturated heterocycles. The van der Waals surface area contributed by atoms with Gasteiger partial charge in [0.15, 0.2) is 11.3 Å². The number of hydrogen-bond donors (Lipinski definition) is 1. The van der Waals surface area contributed by atoms with Crippen LogP contribution in [0.1, 0.15) is 20.9 Å². The minimum atomic E-state index is -4.70. The van der Waals surface area contributed by atoms with Crippen LogP contribution in [0.3, 0.4) is 0 Å². The number of carbonyl (C=O) groups excluding carboxylic acids is 1. The molecule has 0 atom stereocenters. The first-order valence-corrected chi connectivity index (χ1v) is 9.45. The fourth-order valence-electron chi connectivity index (χ4n) is 2.74. The molecule has 0 bridgehead atoms. The SMILES string of the molecule is O=C(NCc1cccs1)c1nc2c(C(F)(F)F)cc(-c3cncnc3)cn2c1Cl. The van der Waals surface area contributed by atoms with Crippen molar-refractivity contribution in [3.05, 3.63) is 69.8 Å². The van der Waals surface area contributed by atoms with Gasteiger partial charge in [-0.25, -0.2) is 15.0 Å². The Bertz CT molecular complexity index is 1180. The maximum Gasteiger partial charge on any atom is 0.420 e. The Kier molecular flexibility index (Phi) is 4.97. The smallest absolute Gasteiger partial charge is 0.346 e. The third-order valence-electron chi connectivity index (χ3n) is 4.08. The van der Waals surface area contributed by atoms with Gasteiger partial charge < -0.3 is 5.32 Å². The average Bonchev–Trinajstić information content (AvgIpc) is 3.33. The highest BCUT2D eigenvalue weighted by Gasteiger charge is 2.36. The minimum Gasteiger partial charge on any atom is -0.346 e. The molecule has 1 N–H and O–H groups in total. The van der Waals surface area contributed by atoms with Gasteiger partial charge in [0, 0.05) is 34.6 Å². The van der Waals surface area contributed by atoms with Gasteiger partial charge in [0.2, 0.25) is 0 Å². The fraction of sp³-hybridized carbons (Fsp3) is 0.111.